The molecule has 0 aliphatic carbocycles. The van der Waals surface area contributed by atoms with E-state index in [1.165, 1.54) is 5.56 Å². The fraction of sp³-hybridized carbons (Fsp3) is 0.214. The smallest absolute Gasteiger partial charge is 0.252 e. The summed E-state index contributed by atoms with van der Waals surface area (Å²) < 4.78 is 0.899. The van der Waals surface area contributed by atoms with Gasteiger partial charge in [-0.3, -0.25) is 4.79 Å². The van der Waals surface area contributed by atoms with Gasteiger partial charge in [-0.15, -0.1) is 0 Å². The molecule has 0 aliphatic heterocycles. The first kappa shape index (κ1) is 23.5. The van der Waals surface area contributed by atoms with E-state index in [4.69, 9.17) is 16.6 Å². The fourth-order valence-corrected chi connectivity index (χ4v) is 4.27. The molecule has 33 heavy (non-hydrogen) atoms. The summed E-state index contributed by atoms with van der Waals surface area (Å²) in [5.74, 6) is -0.136. The molecule has 1 heterocycles. The first-order chi connectivity index (χ1) is 15.6. The van der Waals surface area contributed by atoms with Crippen molar-refractivity contribution in [3.8, 4) is 11.3 Å². The van der Waals surface area contributed by atoms with Gasteiger partial charge in [-0.05, 0) is 59.9 Å². The third kappa shape index (κ3) is 5.29. The molecule has 4 aromatic rings. The predicted octanol–water partition coefficient (Wildman–Crippen LogP) is 8.11. The Balaban J connectivity index is 1.69. The van der Waals surface area contributed by atoms with Gasteiger partial charge in [0.15, 0.2) is 0 Å². The van der Waals surface area contributed by atoms with Gasteiger partial charge in [0, 0.05) is 20.4 Å². The number of carbonyl (C=O) groups excluding carboxylic acids is 1. The van der Waals surface area contributed by atoms with Gasteiger partial charge in [0.05, 0.1) is 22.8 Å². The van der Waals surface area contributed by atoms with E-state index in [2.05, 4.69) is 66.3 Å². The minimum Gasteiger partial charge on any atom is -0.345 e. The molecule has 0 saturated carbocycles. The van der Waals surface area contributed by atoms with Crippen LogP contribution in [0.1, 0.15) is 55.2 Å². The van der Waals surface area contributed by atoms with Crippen LogP contribution in [0.15, 0.2) is 77.3 Å². The topological polar surface area (TPSA) is 42.0 Å². The lowest BCUT2D eigenvalue weighted by Gasteiger charge is -2.21. The summed E-state index contributed by atoms with van der Waals surface area (Å²) in [7, 11) is 0. The number of hydrogen-bond donors (Lipinski definition) is 1. The summed E-state index contributed by atoms with van der Waals surface area (Å²) in [5.41, 5.74) is 5.41. The third-order valence-corrected chi connectivity index (χ3v) is 6.52. The first-order valence-corrected chi connectivity index (χ1v) is 12.1. The summed E-state index contributed by atoms with van der Waals surface area (Å²) in [4.78, 5) is 18.2. The predicted molar refractivity (Wildman–Crippen MR) is 141 cm³/mol. The van der Waals surface area contributed by atoms with E-state index < -0.39 is 0 Å². The Bertz CT molecular complexity index is 1310. The van der Waals surface area contributed by atoms with Crippen molar-refractivity contribution in [1.29, 1.82) is 0 Å². The molecule has 1 atom stereocenters. The van der Waals surface area contributed by atoms with E-state index in [0.29, 0.717) is 10.6 Å². The van der Waals surface area contributed by atoms with Crippen LogP contribution in [0.5, 0.6) is 0 Å². The highest BCUT2D eigenvalue weighted by Crippen LogP contribution is 2.29. The number of pyridine rings is 1. The molecule has 0 spiro atoms. The second kappa shape index (κ2) is 9.28. The highest BCUT2D eigenvalue weighted by molar-refractivity contribution is 9.10. The molecule has 1 N–H and O–H groups in total. The zero-order valence-electron chi connectivity index (χ0n) is 19.1. The van der Waals surface area contributed by atoms with E-state index in [-0.39, 0.29) is 17.4 Å². The number of nitrogens with one attached hydrogen (secondary N) is 1. The Labute approximate surface area is 208 Å². The lowest BCUT2D eigenvalue weighted by atomic mass is 9.86. The quantitative estimate of drug-likeness (QED) is 0.295. The van der Waals surface area contributed by atoms with Crippen molar-refractivity contribution in [3.63, 3.8) is 0 Å². The van der Waals surface area contributed by atoms with Crippen LogP contribution in [-0.2, 0) is 5.41 Å². The van der Waals surface area contributed by atoms with Crippen molar-refractivity contribution in [2.24, 2.45) is 0 Å². The van der Waals surface area contributed by atoms with E-state index in [1.807, 2.05) is 55.5 Å². The van der Waals surface area contributed by atoms with Crippen molar-refractivity contribution >= 4 is 44.3 Å². The van der Waals surface area contributed by atoms with Crippen LogP contribution in [0.25, 0.3) is 22.2 Å². The highest BCUT2D eigenvalue weighted by atomic mass is 79.9. The van der Waals surface area contributed by atoms with Crippen LogP contribution in [0.2, 0.25) is 5.02 Å². The van der Waals surface area contributed by atoms with Crippen molar-refractivity contribution in [3.05, 3.63) is 99.0 Å². The third-order valence-electron chi connectivity index (χ3n) is 5.78. The zero-order chi connectivity index (χ0) is 23.8. The lowest BCUT2D eigenvalue weighted by molar-refractivity contribution is 0.0941. The van der Waals surface area contributed by atoms with Crippen molar-refractivity contribution in [1.82, 2.24) is 10.3 Å². The van der Waals surface area contributed by atoms with Gasteiger partial charge >= 0.3 is 0 Å². The molecule has 0 radical (unpaired) electrons. The molecule has 1 unspecified atom stereocenters. The van der Waals surface area contributed by atoms with Crippen LogP contribution in [0.3, 0.4) is 0 Å². The van der Waals surface area contributed by atoms with Gasteiger partial charge in [0.25, 0.3) is 5.91 Å². The zero-order valence-corrected chi connectivity index (χ0v) is 21.5. The Hall–Kier alpha value is -2.69. The van der Waals surface area contributed by atoms with Crippen molar-refractivity contribution in [2.45, 2.75) is 39.2 Å². The van der Waals surface area contributed by atoms with Crippen LogP contribution in [-0.4, -0.2) is 10.9 Å². The second-order valence-corrected chi connectivity index (χ2v) is 10.6. The van der Waals surface area contributed by atoms with E-state index in [9.17, 15) is 4.79 Å². The van der Waals surface area contributed by atoms with Gasteiger partial charge in [-0.1, -0.05) is 84.7 Å². The summed E-state index contributed by atoms with van der Waals surface area (Å²) in [5, 5.41) is 4.63. The van der Waals surface area contributed by atoms with Gasteiger partial charge in [-0.2, -0.15) is 0 Å². The van der Waals surface area contributed by atoms with E-state index >= 15 is 0 Å². The number of amides is 1. The van der Waals surface area contributed by atoms with Crippen LogP contribution < -0.4 is 5.32 Å². The average Bonchev–Trinajstić information content (AvgIpc) is 2.78. The van der Waals surface area contributed by atoms with Crippen LogP contribution in [0, 0.1) is 0 Å². The largest absolute Gasteiger partial charge is 0.345 e. The molecule has 0 fully saturated rings. The summed E-state index contributed by atoms with van der Waals surface area (Å²) in [6.45, 7) is 8.58. The molecule has 3 aromatic carbocycles. The maximum atomic E-state index is 13.4. The maximum absolute atomic E-state index is 13.4. The first-order valence-electron chi connectivity index (χ1n) is 10.9. The lowest BCUT2D eigenvalue weighted by Crippen LogP contribution is -2.27. The molecule has 3 nitrogen and oxygen atoms in total. The second-order valence-electron chi connectivity index (χ2n) is 9.29. The Morgan fingerprint density at radius 2 is 1.64 bits per heavy atom. The standard InChI is InChI=1S/C28H26BrClN2O/c1-17(18-5-9-20(10-6-18)28(2,3)4)31-27(33)24-16-26(19-7-12-22(30)13-8-19)32-25-14-11-21(29)15-23(24)25/h5-17H,1-4H3,(H,31,33). The number of carbonyl (C=O) groups is 1. The van der Waals surface area contributed by atoms with Gasteiger partial charge < -0.3 is 5.32 Å². The van der Waals surface area contributed by atoms with Crippen molar-refractivity contribution in [2.75, 3.05) is 0 Å². The molecule has 0 aliphatic rings. The molecular formula is C28H26BrClN2O. The minimum atomic E-state index is -0.138. The van der Waals surface area contributed by atoms with Crippen LogP contribution in [0.4, 0.5) is 0 Å². The number of aromatic nitrogens is 1. The van der Waals surface area contributed by atoms with Crippen molar-refractivity contribution < 1.29 is 4.79 Å². The molecular weight excluding hydrogens is 496 g/mol. The molecule has 0 saturated heterocycles. The van der Waals surface area contributed by atoms with E-state index in [1.54, 1.807) is 0 Å². The molecule has 0 bridgehead atoms. The fourth-order valence-electron chi connectivity index (χ4n) is 3.78. The van der Waals surface area contributed by atoms with Gasteiger partial charge in [0.1, 0.15) is 0 Å². The summed E-state index contributed by atoms with van der Waals surface area (Å²) in [6.07, 6.45) is 0. The monoisotopic (exact) mass is 520 g/mol. The molecule has 4 rings (SSSR count). The Morgan fingerprint density at radius 3 is 2.27 bits per heavy atom. The molecule has 1 amide bonds. The maximum Gasteiger partial charge on any atom is 0.252 e. The average molecular weight is 522 g/mol. The minimum absolute atomic E-state index is 0.0897. The number of halogens is 2. The number of nitrogens with zero attached hydrogens (tertiary/aromatic N) is 1. The Kier molecular flexibility index (Phi) is 6.60. The summed E-state index contributed by atoms with van der Waals surface area (Å²) in [6, 6.07) is 23.4. The highest BCUT2D eigenvalue weighted by Gasteiger charge is 2.18. The number of benzene rings is 3. The van der Waals surface area contributed by atoms with Gasteiger partial charge in [-0.25, -0.2) is 4.98 Å². The van der Waals surface area contributed by atoms with Gasteiger partial charge in [0.2, 0.25) is 0 Å². The Morgan fingerprint density at radius 1 is 0.970 bits per heavy atom. The molecule has 168 valence electrons. The molecule has 1 aromatic heterocycles. The van der Waals surface area contributed by atoms with Crippen LogP contribution >= 0.6 is 27.5 Å². The summed E-state index contributed by atoms with van der Waals surface area (Å²) >= 11 is 9.58. The normalized spacial score (nSPS) is 12.5. The SMILES string of the molecule is CC(NC(=O)c1cc(-c2ccc(Cl)cc2)nc2ccc(Br)cc12)c1ccc(C(C)(C)C)cc1. The number of fused-ring (bicyclic) bond motifs is 1. The number of rotatable bonds is 4. The van der Waals surface area contributed by atoms with E-state index in [0.717, 1.165) is 32.2 Å². The number of hydrogen-bond acceptors (Lipinski definition) is 2. The molecule has 5 heteroatoms.